The van der Waals surface area contributed by atoms with Gasteiger partial charge in [0.1, 0.15) is 5.75 Å². The summed E-state index contributed by atoms with van der Waals surface area (Å²) < 4.78 is 0. The highest BCUT2D eigenvalue weighted by molar-refractivity contribution is 5.85. The molecule has 0 saturated carbocycles. The second-order valence-electron chi connectivity index (χ2n) is 2.49. The maximum Gasteiger partial charge on any atom is 0.328 e. The number of phenols is 1. The van der Waals surface area contributed by atoms with E-state index in [9.17, 15) is 4.79 Å². The zero-order valence-corrected chi connectivity index (χ0v) is 8.21. The number of benzene rings is 1. The third kappa shape index (κ3) is 6.84. The SMILES string of the molecule is CC#N.O=C(O)C=Cc1ccc(O)cc1. The van der Waals surface area contributed by atoms with Crippen LogP contribution in [0, 0.1) is 11.3 Å². The van der Waals surface area contributed by atoms with Gasteiger partial charge in [0.25, 0.3) is 0 Å². The molecule has 0 heterocycles. The Kier molecular flexibility index (Phi) is 6.07. The van der Waals surface area contributed by atoms with E-state index in [1.165, 1.54) is 25.1 Å². The summed E-state index contributed by atoms with van der Waals surface area (Å²) in [5.41, 5.74) is 0.746. The zero-order valence-electron chi connectivity index (χ0n) is 8.21. The van der Waals surface area contributed by atoms with Gasteiger partial charge in [-0.3, -0.25) is 0 Å². The van der Waals surface area contributed by atoms with Crippen LogP contribution in [0.1, 0.15) is 12.5 Å². The molecule has 15 heavy (non-hydrogen) atoms. The predicted octanol–water partition coefficient (Wildman–Crippen LogP) is 2.02. The lowest BCUT2D eigenvalue weighted by atomic mass is 10.2. The topological polar surface area (TPSA) is 81.3 Å². The van der Waals surface area contributed by atoms with Gasteiger partial charge < -0.3 is 10.2 Å². The van der Waals surface area contributed by atoms with E-state index >= 15 is 0 Å². The minimum Gasteiger partial charge on any atom is -0.508 e. The van der Waals surface area contributed by atoms with Crippen molar-refractivity contribution in [2.45, 2.75) is 6.92 Å². The van der Waals surface area contributed by atoms with E-state index in [1.807, 2.05) is 0 Å². The van der Waals surface area contributed by atoms with Gasteiger partial charge in [-0.2, -0.15) is 5.26 Å². The van der Waals surface area contributed by atoms with Gasteiger partial charge in [-0.25, -0.2) is 4.79 Å². The molecule has 4 nitrogen and oxygen atoms in total. The number of aliphatic carboxylic acids is 1. The number of carboxylic acids is 1. The van der Waals surface area contributed by atoms with Crippen molar-refractivity contribution in [3.63, 3.8) is 0 Å². The van der Waals surface area contributed by atoms with Crippen LogP contribution >= 0.6 is 0 Å². The number of carboxylic acid groups (broad SMARTS) is 1. The van der Waals surface area contributed by atoms with E-state index in [0.29, 0.717) is 0 Å². The lowest BCUT2D eigenvalue weighted by molar-refractivity contribution is -0.131. The van der Waals surface area contributed by atoms with Gasteiger partial charge in [0, 0.05) is 13.0 Å². The molecule has 0 aromatic heterocycles. The summed E-state index contributed by atoms with van der Waals surface area (Å²) in [4.78, 5) is 10.1. The first-order chi connectivity index (χ1) is 7.10. The minimum atomic E-state index is -0.983. The highest BCUT2D eigenvalue weighted by atomic mass is 16.4. The molecule has 0 radical (unpaired) electrons. The Morgan fingerprint density at radius 3 is 2.27 bits per heavy atom. The lowest BCUT2D eigenvalue weighted by Gasteiger charge is -1.92. The largest absolute Gasteiger partial charge is 0.508 e. The molecule has 2 N–H and O–H groups in total. The summed E-state index contributed by atoms with van der Waals surface area (Å²) in [5.74, 6) is -0.814. The van der Waals surface area contributed by atoms with Crippen molar-refractivity contribution in [1.29, 1.82) is 5.26 Å². The number of carbonyl (C=O) groups is 1. The number of phenolic OH excluding ortho intramolecular Hbond substituents is 1. The Morgan fingerprint density at radius 2 is 1.87 bits per heavy atom. The molecule has 78 valence electrons. The van der Waals surface area contributed by atoms with Crippen molar-refractivity contribution >= 4 is 12.0 Å². The Bertz CT molecular complexity index is 374. The van der Waals surface area contributed by atoms with Gasteiger partial charge in [0.05, 0.1) is 6.07 Å². The van der Waals surface area contributed by atoms with Crippen molar-refractivity contribution in [2.75, 3.05) is 0 Å². The van der Waals surface area contributed by atoms with E-state index in [-0.39, 0.29) is 5.75 Å². The first kappa shape index (κ1) is 12.7. The van der Waals surface area contributed by atoms with Gasteiger partial charge >= 0.3 is 5.97 Å². The molecule has 1 rings (SSSR count). The van der Waals surface area contributed by atoms with Gasteiger partial charge in [-0.1, -0.05) is 12.1 Å². The van der Waals surface area contributed by atoms with Crippen LogP contribution in [0.5, 0.6) is 5.75 Å². The van der Waals surface area contributed by atoms with Crippen LogP contribution < -0.4 is 0 Å². The zero-order chi connectivity index (χ0) is 11.7. The van der Waals surface area contributed by atoms with E-state index in [4.69, 9.17) is 15.5 Å². The maximum atomic E-state index is 10.1. The molecule has 1 aromatic carbocycles. The van der Waals surface area contributed by atoms with Crippen molar-refractivity contribution in [2.24, 2.45) is 0 Å². The summed E-state index contributed by atoms with van der Waals surface area (Å²) in [5, 5.41) is 24.5. The quantitative estimate of drug-likeness (QED) is 0.723. The molecule has 4 heteroatoms. The van der Waals surface area contributed by atoms with Crippen LogP contribution in [0.25, 0.3) is 6.08 Å². The fraction of sp³-hybridized carbons (Fsp3) is 0.0909. The van der Waals surface area contributed by atoms with E-state index in [1.54, 1.807) is 18.2 Å². The summed E-state index contributed by atoms with van der Waals surface area (Å²) >= 11 is 0. The number of rotatable bonds is 2. The third-order valence-corrected chi connectivity index (χ3v) is 1.31. The lowest BCUT2D eigenvalue weighted by Crippen LogP contribution is -1.85. The average Bonchev–Trinajstić information content (AvgIpc) is 2.18. The number of nitriles is 1. The Morgan fingerprint density at radius 1 is 1.40 bits per heavy atom. The van der Waals surface area contributed by atoms with E-state index in [0.717, 1.165) is 11.6 Å². The van der Waals surface area contributed by atoms with Crippen molar-refractivity contribution in [1.82, 2.24) is 0 Å². The second-order valence-corrected chi connectivity index (χ2v) is 2.49. The summed E-state index contributed by atoms with van der Waals surface area (Å²) in [6.45, 7) is 1.43. The minimum absolute atomic E-state index is 0.169. The van der Waals surface area contributed by atoms with E-state index < -0.39 is 5.97 Å². The molecule has 0 bridgehead atoms. The van der Waals surface area contributed by atoms with Crippen molar-refractivity contribution < 1.29 is 15.0 Å². The molecular formula is C11H11NO3. The maximum absolute atomic E-state index is 10.1. The highest BCUT2D eigenvalue weighted by Crippen LogP contribution is 2.10. The second kappa shape index (κ2) is 7.15. The third-order valence-electron chi connectivity index (χ3n) is 1.31. The van der Waals surface area contributed by atoms with Gasteiger partial charge in [-0.15, -0.1) is 0 Å². The number of aromatic hydroxyl groups is 1. The van der Waals surface area contributed by atoms with Crippen molar-refractivity contribution in [3.05, 3.63) is 35.9 Å². The molecule has 0 atom stereocenters. The Balaban J connectivity index is 0.000000583. The average molecular weight is 205 g/mol. The Labute approximate surface area is 87.7 Å². The molecule has 0 saturated heterocycles. The molecule has 0 aliphatic rings. The van der Waals surface area contributed by atoms with Crippen LogP contribution in [-0.4, -0.2) is 16.2 Å². The van der Waals surface area contributed by atoms with E-state index in [2.05, 4.69) is 0 Å². The standard InChI is InChI=1S/C9H8O3.C2H3N/c10-8-4-1-7(2-5-8)3-6-9(11)12;1-2-3/h1-6,10H,(H,11,12);1H3. The first-order valence-corrected chi connectivity index (χ1v) is 4.11. The highest BCUT2D eigenvalue weighted by Gasteiger charge is 1.89. The van der Waals surface area contributed by atoms with Crippen LogP contribution in [0.3, 0.4) is 0 Å². The first-order valence-electron chi connectivity index (χ1n) is 4.11. The number of hydrogen-bond donors (Lipinski definition) is 2. The fourth-order valence-corrected chi connectivity index (χ4v) is 0.753. The van der Waals surface area contributed by atoms with Crippen molar-refractivity contribution in [3.8, 4) is 11.8 Å². The van der Waals surface area contributed by atoms with Crippen LogP contribution in [0.2, 0.25) is 0 Å². The number of hydrogen-bond acceptors (Lipinski definition) is 3. The van der Waals surface area contributed by atoms with Crippen LogP contribution in [-0.2, 0) is 4.79 Å². The molecule has 1 aromatic rings. The Hall–Kier alpha value is -2.28. The summed E-state index contributed by atoms with van der Waals surface area (Å²) in [7, 11) is 0. The predicted molar refractivity (Wildman–Crippen MR) is 56.1 cm³/mol. The van der Waals surface area contributed by atoms with Crippen LogP contribution in [0.15, 0.2) is 30.3 Å². The molecule has 0 amide bonds. The van der Waals surface area contributed by atoms with Gasteiger partial charge in [-0.05, 0) is 23.8 Å². The normalized spacial score (nSPS) is 8.80. The molecule has 0 fully saturated rings. The molecule has 0 aliphatic carbocycles. The molecule has 0 unspecified atom stereocenters. The van der Waals surface area contributed by atoms with Crippen LogP contribution in [0.4, 0.5) is 0 Å². The smallest absolute Gasteiger partial charge is 0.328 e. The molecule has 0 aliphatic heterocycles. The summed E-state index contributed by atoms with van der Waals surface area (Å²) in [6.07, 6.45) is 2.51. The molecular weight excluding hydrogens is 194 g/mol. The molecule has 0 spiro atoms. The van der Waals surface area contributed by atoms with Gasteiger partial charge in [0.2, 0.25) is 0 Å². The summed E-state index contributed by atoms with van der Waals surface area (Å²) in [6, 6.07) is 8.02. The fourth-order valence-electron chi connectivity index (χ4n) is 0.753. The number of nitrogens with zero attached hydrogens (tertiary/aromatic N) is 1. The van der Waals surface area contributed by atoms with Gasteiger partial charge in [0.15, 0.2) is 0 Å². The monoisotopic (exact) mass is 205 g/mol.